The molecule has 0 atom stereocenters. The van der Waals surface area contributed by atoms with Crippen molar-refractivity contribution < 1.29 is 9.18 Å². The van der Waals surface area contributed by atoms with Gasteiger partial charge in [0.1, 0.15) is 5.82 Å². The number of carbonyl (C=O) groups is 1. The molecule has 0 saturated carbocycles. The van der Waals surface area contributed by atoms with Gasteiger partial charge in [-0.05, 0) is 12.1 Å². The smallest absolute Gasteiger partial charge is 0.328 e. The van der Waals surface area contributed by atoms with Crippen LogP contribution in [0.25, 0.3) is 0 Å². The Balaban J connectivity index is 2.02. The van der Waals surface area contributed by atoms with Crippen LogP contribution in [-0.4, -0.2) is 22.0 Å². The van der Waals surface area contributed by atoms with E-state index in [1.54, 1.807) is 0 Å². The summed E-state index contributed by atoms with van der Waals surface area (Å²) >= 11 is 0. The molecule has 7 nitrogen and oxygen atoms in total. The highest BCUT2D eigenvalue weighted by Crippen LogP contribution is 2.14. The van der Waals surface area contributed by atoms with Crippen LogP contribution in [0.15, 0.2) is 40.1 Å². The number of rotatable bonds is 4. The molecule has 0 bridgehead atoms. The van der Waals surface area contributed by atoms with Gasteiger partial charge in [0.25, 0.3) is 11.5 Å². The lowest BCUT2D eigenvalue weighted by atomic mass is 10.1. The van der Waals surface area contributed by atoms with Crippen molar-refractivity contribution >= 4 is 11.6 Å². The van der Waals surface area contributed by atoms with Crippen LogP contribution in [-0.2, 0) is 6.54 Å². The predicted octanol–water partition coefficient (Wildman–Crippen LogP) is -0.312. The lowest BCUT2D eigenvalue weighted by Crippen LogP contribution is -2.34. The summed E-state index contributed by atoms with van der Waals surface area (Å²) in [6.07, 6.45) is 1.31. The largest absolute Gasteiger partial charge is 0.398 e. The van der Waals surface area contributed by atoms with Crippen molar-refractivity contribution in [1.82, 2.24) is 14.9 Å². The molecule has 8 heteroatoms. The van der Waals surface area contributed by atoms with E-state index in [9.17, 15) is 18.8 Å². The van der Waals surface area contributed by atoms with Crippen molar-refractivity contribution in [3.8, 4) is 0 Å². The van der Waals surface area contributed by atoms with Crippen molar-refractivity contribution in [2.75, 3.05) is 12.3 Å². The summed E-state index contributed by atoms with van der Waals surface area (Å²) in [5.41, 5.74) is 4.27. The zero-order valence-electron chi connectivity index (χ0n) is 10.9. The standard InChI is InChI=1S/C13H13FN4O3/c14-8-2-1-3-9(15)11(8)12(20)16-5-7-18-6-4-10(19)17-13(18)21/h1-4,6H,5,7,15H2,(H,16,20)(H,17,19,21). The molecule has 0 aliphatic rings. The highest BCUT2D eigenvalue weighted by atomic mass is 19.1. The molecular formula is C13H13FN4O3. The Kier molecular flexibility index (Phi) is 4.17. The van der Waals surface area contributed by atoms with Gasteiger partial charge in [0.05, 0.1) is 5.56 Å². The van der Waals surface area contributed by atoms with E-state index in [-0.39, 0.29) is 24.3 Å². The molecule has 0 unspecified atom stereocenters. The highest BCUT2D eigenvalue weighted by molar-refractivity contribution is 5.99. The van der Waals surface area contributed by atoms with Crippen LogP contribution in [0.3, 0.4) is 0 Å². The molecule has 21 heavy (non-hydrogen) atoms. The number of nitrogen functional groups attached to an aromatic ring is 1. The number of aromatic amines is 1. The van der Waals surface area contributed by atoms with Gasteiger partial charge in [-0.25, -0.2) is 9.18 Å². The summed E-state index contributed by atoms with van der Waals surface area (Å²) in [6, 6.07) is 5.15. The summed E-state index contributed by atoms with van der Waals surface area (Å²) in [5, 5.41) is 2.46. The van der Waals surface area contributed by atoms with Crippen LogP contribution >= 0.6 is 0 Å². The van der Waals surface area contributed by atoms with Crippen LogP contribution < -0.4 is 22.3 Å². The van der Waals surface area contributed by atoms with Crippen LogP contribution in [0.1, 0.15) is 10.4 Å². The first-order valence-corrected chi connectivity index (χ1v) is 6.11. The number of amides is 1. The summed E-state index contributed by atoms with van der Waals surface area (Å²) in [5.74, 6) is -1.38. The fourth-order valence-corrected chi connectivity index (χ4v) is 1.78. The highest BCUT2D eigenvalue weighted by Gasteiger charge is 2.14. The number of anilines is 1. The van der Waals surface area contributed by atoms with Gasteiger partial charge in [0, 0.05) is 31.0 Å². The van der Waals surface area contributed by atoms with E-state index in [4.69, 9.17) is 5.73 Å². The molecule has 0 aliphatic heterocycles. The molecule has 1 aromatic carbocycles. The molecule has 0 saturated heterocycles. The summed E-state index contributed by atoms with van der Waals surface area (Å²) < 4.78 is 14.7. The lowest BCUT2D eigenvalue weighted by Gasteiger charge is -2.09. The van der Waals surface area contributed by atoms with E-state index in [0.717, 1.165) is 6.07 Å². The first-order chi connectivity index (χ1) is 9.99. The van der Waals surface area contributed by atoms with E-state index in [2.05, 4.69) is 10.3 Å². The number of nitrogens with two attached hydrogens (primary N) is 1. The van der Waals surface area contributed by atoms with E-state index in [1.807, 2.05) is 0 Å². The minimum Gasteiger partial charge on any atom is -0.398 e. The third-order valence-electron chi connectivity index (χ3n) is 2.81. The second-order valence-electron chi connectivity index (χ2n) is 4.26. The van der Waals surface area contributed by atoms with Crippen LogP contribution in [0, 0.1) is 5.82 Å². The molecule has 0 radical (unpaired) electrons. The Morgan fingerprint density at radius 2 is 2.10 bits per heavy atom. The monoisotopic (exact) mass is 292 g/mol. The molecule has 4 N–H and O–H groups in total. The minimum absolute atomic E-state index is 0.0358. The van der Waals surface area contributed by atoms with E-state index in [0.29, 0.717) is 0 Å². The van der Waals surface area contributed by atoms with Crippen molar-refractivity contribution in [2.24, 2.45) is 0 Å². The number of halogens is 1. The van der Waals surface area contributed by atoms with Crippen molar-refractivity contribution in [3.05, 3.63) is 62.7 Å². The van der Waals surface area contributed by atoms with Gasteiger partial charge in [-0.1, -0.05) is 6.07 Å². The third kappa shape index (κ3) is 3.35. The number of carbonyl (C=O) groups excluding carboxylic acids is 1. The molecule has 1 aromatic heterocycles. The van der Waals surface area contributed by atoms with E-state index in [1.165, 1.54) is 29.0 Å². The fourth-order valence-electron chi connectivity index (χ4n) is 1.78. The maximum absolute atomic E-state index is 13.5. The number of nitrogens with zero attached hydrogens (tertiary/aromatic N) is 1. The van der Waals surface area contributed by atoms with Gasteiger partial charge in [0.2, 0.25) is 0 Å². The van der Waals surface area contributed by atoms with Crippen molar-refractivity contribution in [3.63, 3.8) is 0 Å². The van der Waals surface area contributed by atoms with E-state index >= 15 is 0 Å². The number of hydrogen-bond donors (Lipinski definition) is 3. The Labute approximate surface area is 118 Å². The second-order valence-corrected chi connectivity index (χ2v) is 4.26. The van der Waals surface area contributed by atoms with Gasteiger partial charge in [-0.2, -0.15) is 0 Å². The van der Waals surface area contributed by atoms with Gasteiger partial charge in [-0.15, -0.1) is 0 Å². The minimum atomic E-state index is -0.714. The average molecular weight is 292 g/mol. The Hall–Kier alpha value is -2.90. The summed E-state index contributed by atoms with van der Waals surface area (Å²) in [6.45, 7) is 0.217. The molecule has 0 fully saturated rings. The SMILES string of the molecule is Nc1cccc(F)c1C(=O)NCCn1ccc(=O)[nH]c1=O. The molecule has 110 valence electrons. The number of hydrogen-bond acceptors (Lipinski definition) is 4. The average Bonchev–Trinajstić information content (AvgIpc) is 2.41. The summed E-state index contributed by atoms with van der Waals surface area (Å²) in [7, 11) is 0. The number of nitrogens with one attached hydrogen (secondary N) is 2. The van der Waals surface area contributed by atoms with Gasteiger partial charge >= 0.3 is 5.69 Å². The van der Waals surface area contributed by atoms with Crippen molar-refractivity contribution in [1.29, 1.82) is 0 Å². The van der Waals surface area contributed by atoms with Gasteiger partial charge < -0.3 is 11.1 Å². The molecular weight excluding hydrogens is 279 g/mol. The fraction of sp³-hybridized carbons (Fsp3) is 0.154. The second kappa shape index (κ2) is 6.04. The lowest BCUT2D eigenvalue weighted by molar-refractivity contribution is 0.0949. The van der Waals surface area contributed by atoms with E-state index < -0.39 is 23.0 Å². The first-order valence-electron chi connectivity index (χ1n) is 6.11. The molecule has 1 amide bonds. The van der Waals surface area contributed by atoms with Crippen LogP contribution in [0.4, 0.5) is 10.1 Å². The van der Waals surface area contributed by atoms with Gasteiger partial charge in [-0.3, -0.25) is 19.1 Å². The molecule has 0 aliphatic carbocycles. The topological polar surface area (TPSA) is 110 Å². The normalized spacial score (nSPS) is 10.3. The quantitative estimate of drug-likeness (QED) is 0.671. The molecule has 1 heterocycles. The van der Waals surface area contributed by atoms with Crippen molar-refractivity contribution in [2.45, 2.75) is 6.54 Å². The zero-order valence-corrected chi connectivity index (χ0v) is 10.9. The number of aromatic nitrogens is 2. The van der Waals surface area contributed by atoms with Crippen LogP contribution in [0.2, 0.25) is 0 Å². The Bertz CT molecular complexity index is 761. The third-order valence-corrected chi connectivity index (χ3v) is 2.81. The molecule has 2 rings (SSSR count). The van der Waals surface area contributed by atoms with Gasteiger partial charge in [0.15, 0.2) is 0 Å². The number of benzene rings is 1. The Morgan fingerprint density at radius 3 is 2.76 bits per heavy atom. The molecule has 0 spiro atoms. The summed E-state index contributed by atoms with van der Waals surface area (Å²) in [4.78, 5) is 36.2. The molecule has 2 aromatic rings. The maximum atomic E-state index is 13.5. The number of H-pyrrole nitrogens is 1. The van der Waals surface area contributed by atoms with Crippen LogP contribution in [0.5, 0.6) is 0 Å². The Morgan fingerprint density at radius 1 is 1.33 bits per heavy atom. The predicted molar refractivity (Wildman–Crippen MR) is 74.5 cm³/mol. The first kappa shape index (κ1) is 14.5. The maximum Gasteiger partial charge on any atom is 0.328 e. The zero-order chi connectivity index (χ0) is 15.4.